The van der Waals surface area contributed by atoms with E-state index in [9.17, 15) is 0 Å². The lowest BCUT2D eigenvalue weighted by Crippen LogP contribution is -2.26. The lowest BCUT2D eigenvalue weighted by Gasteiger charge is -2.20. The van der Waals surface area contributed by atoms with E-state index in [4.69, 9.17) is 11.5 Å². The molecule has 0 aromatic carbocycles. The van der Waals surface area contributed by atoms with Crippen molar-refractivity contribution in [2.45, 2.75) is 13.3 Å². The number of hydrogen-bond acceptors (Lipinski definition) is 3. The molecule has 0 aliphatic rings. The summed E-state index contributed by atoms with van der Waals surface area (Å²) in [4.78, 5) is 0. The Morgan fingerprint density at radius 3 is 2.35 bits per heavy atom. The molecule has 1 atom stereocenters. The van der Waals surface area contributed by atoms with Gasteiger partial charge >= 0.3 is 0 Å². The predicted octanol–water partition coefficient (Wildman–Crippen LogP) is 1.70. The van der Waals surface area contributed by atoms with Crippen LogP contribution in [0.25, 0.3) is 0 Å². The maximum Gasteiger partial charge on any atom is 0.0263 e. The molecule has 0 aliphatic carbocycles. The maximum absolute atomic E-state index is 5.63. The van der Waals surface area contributed by atoms with E-state index < -0.39 is 0 Å². The van der Waals surface area contributed by atoms with Gasteiger partial charge in [0.2, 0.25) is 0 Å². The third-order valence-corrected chi connectivity index (χ3v) is 2.61. The Morgan fingerprint density at radius 2 is 1.88 bits per heavy atom. The largest absolute Gasteiger partial charge is 0.385 e. The fourth-order valence-corrected chi connectivity index (χ4v) is 1.47. The van der Waals surface area contributed by atoms with Crippen LogP contribution >= 0.6 is 0 Å². The van der Waals surface area contributed by atoms with Gasteiger partial charge in [0.1, 0.15) is 0 Å². The van der Waals surface area contributed by atoms with Crippen molar-refractivity contribution in [3.05, 3.63) is 48.7 Å². The van der Waals surface area contributed by atoms with E-state index in [0.29, 0.717) is 13.1 Å². The summed E-state index contributed by atoms with van der Waals surface area (Å²) in [6.07, 6.45) is 4.70. The molecule has 0 amide bonds. The molecule has 0 fully saturated rings. The van der Waals surface area contributed by atoms with Gasteiger partial charge in [-0.2, -0.15) is 0 Å². The Labute approximate surface area is 105 Å². The van der Waals surface area contributed by atoms with Crippen molar-refractivity contribution in [2.75, 3.05) is 19.6 Å². The third kappa shape index (κ3) is 6.76. The first-order valence-corrected chi connectivity index (χ1v) is 5.85. The van der Waals surface area contributed by atoms with Crippen molar-refractivity contribution < 1.29 is 0 Å². The second kappa shape index (κ2) is 8.79. The Bertz CT molecular complexity index is 303. The molecule has 0 heterocycles. The molecule has 0 aromatic rings. The van der Waals surface area contributed by atoms with E-state index in [1.54, 1.807) is 0 Å². The van der Waals surface area contributed by atoms with E-state index in [0.717, 1.165) is 29.8 Å². The Balaban J connectivity index is 4.34. The maximum atomic E-state index is 5.63. The van der Waals surface area contributed by atoms with Crippen molar-refractivity contribution in [3.63, 3.8) is 0 Å². The SMILES string of the molecule is C=C(CN)CC(CNC(=C)C=CC)C(=C)CN. The molecule has 0 aromatic heterocycles. The van der Waals surface area contributed by atoms with Crippen molar-refractivity contribution in [1.29, 1.82) is 0 Å². The summed E-state index contributed by atoms with van der Waals surface area (Å²) >= 11 is 0. The standard InChI is InChI=1S/C14H25N3/c1-5-6-13(4)17-10-14(12(3)9-16)7-11(2)8-15/h5-6,14,17H,2-4,7-10,15-16H2,1H3. The van der Waals surface area contributed by atoms with E-state index in [1.165, 1.54) is 0 Å². The number of hydrogen-bond donors (Lipinski definition) is 3. The summed E-state index contributed by atoms with van der Waals surface area (Å²) in [5.74, 6) is 0.262. The van der Waals surface area contributed by atoms with Gasteiger partial charge in [-0.05, 0) is 19.4 Å². The van der Waals surface area contributed by atoms with Gasteiger partial charge in [0.15, 0.2) is 0 Å². The molecule has 1 unspecified atom stereocenters. The van der Waals surface area contributed by atoms with Crippen LogP contribution in [0.15, 0.2) is 48.7 Å². The second-order valence-corrected chi connectivity index (χ2v) is 4.12. The zero-order chi connectivity index (χ0) is 13.3. The highest BCUT2D eigenvalue weighted by atomic mass is 14.9. The monoisotopic (exact) mass is 235 g/mol. The first-order chi connectivity index (χ1) is 8.04. The van der Waals surface area contributed by atoms with Crippen LogP contribution in [0, 0.1) is 5.92 Å². The van der Waals surface area contributed by atoms with Gasteiger partial charge in [0.25, 0.3) is 0 Å². The minimum Gasteiger partial charge on any atom is -0.385 e. The van der Waals surface area contributed by atoms with Crippen LogP contribution in [0.2, 0.25) is 0 Å². The molecule has 3 heteroatoms. The zero-order valence-electron chi connectivity index (χ0n) is 10.8. The van der Waals surface area contributed by atoms with Gasteiger partial charge in [-0.15, -0.1) is 0 Å². The molecule has 0 bridgehead atoms. The summed E-state index contributed by atoms with van der Waals surface area (Å²) in [5, 5.41) is 3.25. The molecule has 0 aliphatic heterocycles. The summed E-state index contributed by atoms with van der Waals surface area (Å²) in [6, 6.07) is 0. The average Bonchev–Trinajstić information content (AvgIpc) is 2.33. The minimum atomic E-state index is 0.262. The highest BCUT2D eigenvalue weighted by Crippen LogP contribution is 2.16. The Hall–Kier alpha value is -1.32. The number of nitrogens with two attached hydrogens (primary N) is 2. The molecule has 0 saturated carbocycles. The quantitative estimate of drug-likeness (QED) is 0.421. The van der Waals surface area contributed by atoms with Crippen LogP contribution in [-0.4, -0.2) is 19.6 Å². The van der Waals surface area contributed by atoms with Crippen molar-refractivity contribution >= 4 is 0 Å². The normalized spacial score (nSPS) is 12.4. The van der Waals surface area contributed by atoms with E-state index in [2.05, 4.69) is 25.1 Å². The first-order valence-electron chi connectivity index (χ1n) is 5.85. The van der Waals surface area contributed by atoms with Gasteiger partial charge in [0.05, 0.1) is 0 Å². The topological polar surface area (TPSA) is 64.1 Å². The second-order valence-electron chi connectivity index (χ2n) is 4.12. The van der Waals surface area contributed by atoms with Crippen molar-refractivity contribution in [2.24, 2.45) is 17.4 Å². The zero-order valence-corrected chi connectivity index (χ0v) is 10.8. The van der Waals surface area contributed by atoms with Crippen LogP contribution in [0.1, 0.15) is 13.3 Å². The highest BCUT2D eigenvalue weighted by Gasteiger charge is 2.12. The summed E-state index contributed by atoms with van der Waals surface area (Å²) in [6.45, 7) is 15.5. The highest BCUT2D eigenvalue weighted by molar-refractivity contribution is 5.14. The molecule has 0 saturated heterocycles. The van der Waals surface area contributed by atoms with Crippen LogP contribution in [0.3, 0.4) is 0 Å². The summed E-state index contributed by atoms with van der Waals surface area (Å²) in [5.41, 5.74) is 14.1. The number of allylic oxidation sites excluding steroid dienone is 2. The minimum absolute atomic E-state index is 0.262. The van der Waals surface area contributed by atoms with Gasteiger partial charge in [-0.1, -0.05) is 37.0 Å². The molecule has 0 rings (SSSR count). The van der Waals surface area contributed by atoms with Crippen LogP contribution in [-0.2, 0) is 0 Å². The van der Waals surface area contributed by atoms with E-state index in [1.807, 2.05) is 19.1 Å². The smallest absolute Gasteiger partial charge is 0.0263 e. The fraction of sp³-hybridized carbons (Fsp3) is 0.429. The van der Waals surface area contributed by atoms with Crippen molar-refractivity contribution in [1.82, 2.24) is 5.32 Å². The summed E-state index contributed by atoms with van der Waals surface area (Å²) in [7, 11) is 0. The number of nitrogens with one attached hydrogen (secondary N) is 1. The summed E-state index contributed by atoms with van der Waals surface area (Å²) < 4.78 is 0. The van der Waals surface area contributed by atoms with E-state index >= 15 is 0 Å². The molecular weight excluding hydrogens is 210 g/mol. The van der Waals surface area contributed by atoms with E-state index in [-0.39, 0.29) is 5.92 Å². The molecular formula is C14H25N3. The van der Waals surface area contributed by atoms with Crippen molar-refractivity contribution in [3.8, 4) is 0 Å². The van der Waals surface area contributed by atoms with Gasteiger partial charge < -0.3 is 16.8 Å². The molecule has 17 heavy (non-hydrogen) atoms. The van der Waals surface area contributed by atoms with Crippen LogP contribution in [0.5, 0.6) is 0 Å². The van der Waals surface area contributed by atoms with Crippen LogP contribution in [0.4, 0.5) is 0 Å². The predicted molar refractivity (Wildman–Crippen MR) is 76.5 cm³/mol. The lowest BCUT2D eigenvalue weighted by molar-refractivity contribution is 0.561. The van der Waals surface area contributed by atoms with Gasteiger partial charge in [0, 0.05) is 31.2 Å². The Morgan fingerprint density at radius 1 is 1.24 bits per heavy atom. The van der Waals surface area contributed by atoms with Gasteiger partial charge in [-0.25, -0.2) is 0 Å². The molecule has 96 valence electrons. The molecule has 5 N–H and O–H groups in total. The first kappa shape index (κ1) is 15.7. The average molecular weight is 235 g/mol. The molecule has 0 spiro atoms. The van der Waals surface area contributed by atoms with Gasteiger partial charge in [-0.3, -0.25) is 0 Å². The molecule has 0 radical (unpaired) electrons. The third-order valence-electron chi connectivity index (χ3n) is 2.61. The van der Waals surface area contributed by atoms with Crippen LogP contribution < -0.4 is 16.8 Å². The lowest BCUT2D eigenvalue weighted by atomic mass is 9.93. The Kier molecular flexibility index (Phi) is 8.11. The molecule has 3 nitrogen and oxygen atoms in total. The fourth-order valence-electron chi connectivity index (χ4n) is 1.47. The number of rotatable bonds is 9.